The van der Waals surface area contributed by atoms with Crippen LogP contribution in [-0.4, -0.2) is 28.1 Å². The van der Waals surface area contributed by atoms with E-state index in [1.807, 2.05) is 67.6 Å². The molecule has 0 bridgehead atoms. The second kappa shape index (κ2) is 10.1. The Morgan fingerprint density at radius 1 is 0.909 bits per heavy atom. The molecule has 1 aliphatic heterocycles. The van der Waals surface area contributed by atoms with E-state index in [2.05, 4.69) is 5.32 Å². The zero-order valence-corrected chi connectivity index (χ0v) is 19.5. The fraction of sp³-hybridized carbons (Fsp3) is 0.160. The summed E-state index contributed by atoms with van der Waals surface area (Å²) in [6, 6.07) is 23.0. The number of hydrogen-bond acceptors (Lipinski definition) is 5. The number of amides is 2. The summed E-state index contributed by atoms with van der Waals surface area (Å²) in [6.45, 7) is 1.89. The summed E-state index contributed by atoms with van der Waals surface area (Å²) in [5.41, 5.74) is 2.36. The number of fused-ring (bicyclic) bond motifs is 2. The zero-order valence-electron chi connectivity index (χ0n) is 17.9. The van der Waals surface area contributed by atoms with Crippen LogP contribution in [0, 0.1) is 0 Å². The summed E-state index contributed by atoms with van der Waals surface area (Å²) < 4.78 is 0. The summed E-state index contributed by atoms with van der Waals surface area (Å²) in [5, 5.41) is 11.0. The van der Waals surface area contributed by atoms with Crippen molar-refractivity contribution in [3.05, 3.63) is 72.8 Å². The van der Waals surface area contributed by atoms with E-state index in [4.69, 9.17) is 5.11 Å². The number of rotatable bonds is 7. The second-order valence-corrected chi connectivity index (χ2v) is 9.94. The lowest BCUT2D eigenvalue weighted by Crippen LogP contribution is -2.34. The van der Waals surface area contributed by atoms with Crippen LogP contribution in [0.5, 0.6) is 0 Å². The lowest BCUT2D eigenvalue weighted by atomic mass is 10.2. The summed E-state index contributed by atoms with van der Waals surface area (Å²) in [4.78, 5) is 40.8. The van der Waals surface area contributed by atoms with Gasteiger partial charge in [0, 0.05) is 26.8 Å². The van der Waals surface area contributed by atoms with Crippen molar-refractivity contribution in [2.75, 3.05) is 10.2 Å². The van der Waals surface area contributed by atoms with Gasteiger partial charge in [0.25, 0.3) is 0 Å². The fourth-order valence-corrected chi connectivity index (χ4v) is 5.40. The van der Waals surface area contributed by atoms with Gasteiger partial charge in [0.15, 0.2) is 0 Å². The Hall–Kier alpha value is -3.23. The largest absolute Gasteiger partial charge is 0.481 e. The lowest BCUT2D eigenvalue weighted by molar-refractivity contribution is -0.138. The van der Waals surface area contributed by atoms with E-state index in [1.54, 1.807) is 28.8 Å². The number of carbonyl (C=O) groups is 3. The van der Waals surface area contributed by atoms with Gasteiger partial charge in [-0.1, -0.05) is 36.0 Å². The molecule has 168 valence electrons. The summed E-state index contributed by atoms with van der Waals surface area (Å²) in [7, 11) is 0. The zero-order chi connectivity index (χ0) is 23.4. The molecule has 0 saturated carbocycles. The lowest BCUT2D eigenvalue weighted by Gasteiger charge is -2.32. The number of carbonyl (C=O) groups excluding carboxylic acids is 2. The van der Waals surface area contributed by atoms with Crippen molar-refractivity contribution in [3.8, 4) is 0 Å². The topological polar surface area (TPSA) is 86.7 Å². The molecule has 1 atom stereocenters. The van der Waals surface area contributed by atoms with Gasteiger partial charge >= 0.3 is 5.97 Å². The molecular weight excluding hydrogens is 456 g/mol. The highest BCUT2D eigenvalue weighted by atomic mass is 32.2. The fourth-order valence-electron chi connectivity index (χ4n) is 3.44. The van der Waals surface area contributed by atoms with E-state index in [-0.39, 0.29) is 29.9 Å². The van der Waals surface area contributed by atoms with Crippen LogP contribution in [0.1, 0.15) is 19.8 Å². The molecule has 3 aromatic rings. The minimum absolute atomic E-state index is 0.00810. The average Bonchev–Trinajstić information content (AvgIpc) is 2.82. The molecule has 33 heavy (non-hydrogen) atoms. The van der Waals surface area contributed by atoms with E-state index in [9.17, 15) is 14.4 Å². The number of hydrogen-bond donors (Lipinski definition) is 2. The van der Waals surface area contributed by atoms with E-state index in [0.717, 1.165) is 26.1 Å². The first-order chi connectivity index (χ1) is 15.9. The SMILES string of the molecule is CC(Sc1ccc(NC(=O)CCC(=O)O)cc1)C(=O)N1c2ccccc2Sc2ccccc21. The highest BCUT2D eigenvalue weighted by Gasteiger charge is 2.31. The van der Waals surface area contributed by atoms with E-state index in [1.165, 1.54) is 11.8 Å². The van der Waals surface area contributed by atoms with Crippen molar-refractivity contribution in [3.63, 3.8) is 0 Å². The van der Waals surface area contributed by atoms with Gasteiger partial charge in [0.2, 0.25) is 11.8 Å². The Bertz CT molecular complexity index is 1150. The number of nitrogens with one attached hydrogen (secondary N) is 1. The summed E-state index contributed by atoms with van der Waals surface area (Å²) >= 11 is 3.11. The third-order valence-corrected chi connectivity index (χ3v) is 7.25. The molecule has 1 unspecified atom stereocenters. The van der Waals surface area contributed by atoms with Gasteiger partial charge < -0.3 is 10.4 Å². The Kier molecular flexibility index (Phi) is 7.05. The highest BCUT2D eigenvalue weighted by Crippen LogP contribution is 2.48. The number of para-hydroxylation sites is 2. The highest BCUT2D eigenvalue weighted by molar-refractivity contribution is 8.00. The van der Waals surface area contributed by atoms with Gasteiger partial charge in [-0.2, -0.15) is 0 Å². The number of anilines is 3. The first-order valence-electron chi connectivity index (χ1n) is 10.4. The quantitative estimate of drug-likeness (QED) is 0.418. The number of benzene rings is 3. The molecule has 0 aromatic heterocycles. The maximum Gasteiger partial charge on any atom is 0.303 e. The summed E-state index contributed by atoms with van der Waals surface area (Å²) in [6.07, 6.45) is -0.283. The minimum atomic E-state index is -1.01. The van der Waals surface area contributed by atoms with Gasteiger partial charge in [-0.3, -0.25) is 19.3 Å². The molecule has 6 nitrogen and oxygen atoms in total. The first kappa shape index (κ1) is 22.9. The molecule has 0 aliphatic carbocycles. The Morgan fingerprint density at radius 2 is 1.48 bits per heavy atom. The van der Waals surface area contributed by atoms with Crippen LogP contribution >= 0.6 is 23.5 Å². The number of thioether (sulfide) groups is 1. The van der Waals surface area contributed by atoms with Crippen LogP contribution in [0.25, 0.3) is 0 Å². The molecule has 3 aromatic carbocycles. The molecule has 0 fully saturated rings. The molecule has 2 N–H and O–H groups in total. The Morgan fingerprint density at radius 3 is 2.06 bits per heavy atom. The van der Waals surface area contributed by atoms with Crippen LogP contribution in [-0.2, 0) is 14.4 Å². The number of carboxylic acid groups (broad SMARTS) is 1. The molecule has 8 heteroatoms. The molecule has 4 rings (SSSR count). The molecule has 2 amide bonds. The molecule has 0 spiro atoms. The first-order valence-corrected chi connectivity index (χ1v) is 12.1. The predicted molar refractivity (Wildman–Crippen MR) is 131 cm³/mol. The third-order valence-electron chi connectivity index (χ3n) is 5.02. The van der Waals surface area contributed by atoms with Crippen molar-refractivity contribution in [2.45, 2.75) is 39.7 Å². The van der Waals surface area contributed by atoms with E-state index < -0.39 is 5.97 Å². The van der Waals surface area contributed by atoms with Gasteiger partial charge in [-0.15, -0.1) is 11.8 Å². The van der Waals surface area contributed by atoms with Crippen molar-refractivity contribution in [1.29, 1.82) is 0 Å². The van der Waals surface area contributed by atoms with Crippen molar-refractivity contribution < 1.29 is 19.5 Å². The maximum atomic E-state index is 13.6. The Balaban J connectivity index is 1.46. The van der Waals surface area contributed by atoms with Crippen LogP contribution in [0.3, 0.4) is 0 Å². The average molecular weight is 479 g/mol. The number of carboxylic acids is 1. The van der Waals surface area contributed by atoms with Crippen LogP contribution in [0.15, 0.2) is 87.5 Å². The van der Waals surface area contributed by atoms with Gasteiger partial charge in [0.05, 0.1) is 23.0 Å². The third kappa shape index (κ3) is 5.40. The standard InChI is InChI=1S/C25H22N2O4S2/c1-16(32-18-12-10-17(11-13-18)26-23(28)14-15-24(29)30)25(31)27-19-6-2-4-8-21(19)33-22-9-5-3-7-20(22)27/h2-13,16H,14-15H2,1H3,(H,26,28)(H,29,30). The maximum absolute atomic E-state index is 13.6. The molecule has 1 heterocycles. The van der Waals surface area contributed by atoms with Crippen LogP contribution in [0.4, 0.5) is 17.1 Å². The van der Waals surface area contributed by atoms with Crippen molar-refractivity contribution in [1.82, 2.24) is 0 Å². The number of nitrogens with zero attached hydrogens (tertiary/aromatic N) is 1. The van der Waals surface area contributed by atoms with Gasteiger partial charge in [-0.25, -0.2) is 0 Å². The summed E-state index contributed by atoms with van der Waals surface area (Å²) in [5.74, 6) is -1.36. The van der Waals surface area contributed by atoms with Crippen molar-refractivity contribution in [2.24, 2.45) is 0 Å². The second-order valence-electron chi connectivity index (χ2n) is 7.44. The molecular formula is C25H22N2O4S2. The number of aliphatic carboxylic acids is 1. The molecule has 0 saturated heterocycles. The van der Waals surface area contributed by atoms with Crippen LogP contribution < -0.4 is 10.2 Å². The smallest absolute Gasteiger partial charge is 0.303 e. The Labute approximate surface area is 200 Å². The molecule has 0 radical (unpaired) electrons. The normalized spacial score (nSPS) is 12.9. The van der Waals surface area contributed by atoms with Gasteiger partial charge in [0.1, 0.15) is 0 Å². The van der Waals surface area contributed by atoms with Crippen molar-refractivity contribution >= 4 is 58.4 Å². The molecule has 1 aliphatic rings. The predicted octanol–water partition coefficient (Wildman–Crippen LogP) is 5.80. The minimum Gasteiger partial charge on any atom is -0.481 e. The van der Waals surface area contributed by atoms with E-state index in [0.29, 0.717) is 5.69 Å². The monoisotopic (exact) mass is 478 g/mol. The van der Waals surface area contributed by atoms with E-state index >= 15 is 0 Å². The van der Waals surface area contributed by atoms with Crippen LogP contribution in [0.2, 0.25) is 0 Å². The van der Waals surface area contributed by atoms with Gasteiger partial charge in [-0.05, 0) is 55.5 Å².